The van der Waals surface area contributed by atoms with Crippen LogP contribution in [0.2, 0.25) is 0 Å². The zero-order chi connectivity index (χ0) is 28.1. The van der Waals surface area contributed by atoms with Gasteiger partial charge in [0.2, 0.25) is 17.1 Å². The van der Waals surface area contributed by atoms with E-state index in [4.69, 9.17) is 4.89 Å². The number of hydrogen-bond acceptors (Lipinski definition) is 6. The number of nitrogens with zero attached hydrogens (tertiary/aromatic N) is 2. The molecule has 0 saturated carbocycles. The maximum absolute atomic E-state index is 13.5. The van der Waals surface area contributed by atoms with Crippen LogP contribution in [-0.2, 0) is 22.8 Å². The minimum Gasteiger partial charge on any atom is -0.507 e. The monoisotopic (exact) mass is 578 g/mol. The lowest BCUT2D eigenvalue weighted by Crippen LogP contribution is -2.40. The molecule has 8 heteroatoms. The highest BCUT2D eigenvalue weighted by atomic mass is 32.1. The molecule has 2 N–H and O–H groups in total. The van der Waals surface area contributed by atoms with Gasteiger partial charge in [0.05, 0.1) is 11.1 Å². The number of aryl methyl sites for hydroxylation is 2. The number of aliphatic hydroxyl groups excluding tert-OH is 1. The van der Waals surface area contributed by atoms with Gasteiger partial charge in [0.1, 0.15) is 21.7 Å². The molecule has 0 radical (unpaired) electrons. The molecule has 0 aliphatic heterocycles. The van der Waals surface area contributed by atoms with Gasteiger partial charge in [-0.1, -0.05) is 86.5 Å². The summed E-state index contributed by atoms with van der Waals surface area (Å²) >= 11 is 3.10. The number of hydrogen-bond donors (Lipinski definition) is 2. The van der Waals surface area contributed by atoms with E-state index < -0.39 is 6.10 Å². The Kier molecular flexibility index (Phi) is 9.42. The van der Waals surface area contributed by atoms with Gasteiger partial charge in [0.25, 0.3) is 10.0 Å². The molecule has 6 nitrogen and oxygen atoms in total. The lowest BCUT2D eigenvalue weighted by Gasteiger charge is -2.23. The molecular weight excluding hydrogens is 540 g/mol. The van der Waals surface area contributed by atoms with Crippen molar-refractivity contribution in [1.29, 1.82) is 0 Å². The molecule has 0 spiro atoms. The molecule has 1 aliphatic carbocycles. The zero-order valence-electron chi connectivity index (χ0n) is 23.3. The Morgan fingerprint density at radius 2 is 1.40 bits per heavy atom. The van der Waals surface area contributed by atoms with Gasteiger partial charge in [-0.15, -0.1) is 0 Å². The van der Waals surface area contributed by atoms with Crippen molar-refractivity contribution in [2.75, 3.05) is 0 Å². The summed E-state index contributed by atoms with van der Waals surface area (Å²) in [5.74, 6) is -0.393. The van der Waals surface area contributed by atoms with E-state index in [1.807, 2.05) is 36.4 Å². The zero-order valence-corrected chi connectivity index (χ0v) is 24.9. The molecule has 0 fully saturated rings. The first-order chi connectivity index (χ1) is 19.6. The third-order valence-electron chi connectivity index (χ3n) is 7.60. The van der Waals surface area contributed by atoms with Crippen molar-refractivity contribution in [3.05, 3.63) is 75.5 Å². The van der Waals surface area contributed by atoms with E-state index in [0.717, 1.165) is 77.1 Å². The first-order valence-electron chi connectivity index (χ1n) is 14.4. The number of thiazole rings is 2. The summed E-state index contributed by atoms with van der Waals surface area (Å²) in [4.78, 5) is 18.5. The average molecular weight is 579 g/mol. The second-order valence-corrected chi connectivity index (χ2v) is 12.5. The highest BCUT2D eigenvalue weighted by molar-refractivity contribution is 7.19. The van der Waals surface area contributed by atoms with Crippen LogP contribution < -0.4 is 9.13 Å². The Labute approximate surface area is 243 Å². The van der Waals surface area contributed by atoms with Crippen molar-refractivity contribution in [2.45, 2.75) is 84.4 Å². The molecule has 40 heavy (non-hydrogen) atoms. The van der Waals surface area contributed by atoms with Crippen molar-refractivity contribution >= 4 is 55.0 Å². The van der Waals surface area contributed by atoms with Gasteiger partial charge in [-0.25, -0.2) is 4.89 Å². The van der Waals surface area contributed by atoms with Gasteiger partial charge < -0.3 is 5.11 Å². The van der Waals surface area contributed by atoms with Gasteiger partial charge in [-0.3, -0.25) is 10.1 Å². The van der Waals surface area contributed by atoms with Crippen molar-refractivity contribution in [1.82, 2.24) is 0 Å². The minimum absolute atomic E-state index is 0.103. The van der Waals surface area contributed by atoms with E-state index in [1.54, 1.807) is 17.4 Å². The summed E-state index contributed by atoms with van der Waals surface area (Å²) in [5.41, 5.74) is 2.55. The van der Waals surface area contributed by atoms with Crippen molar-refractivity contribution in [2.24, 2.45) is 0 Å². The fraction of sp³-hybridized carbons (Fsp3) is 0.406. The van der Waals surface area contributed by atoms with Crippen molar-refractivity contribution in [3.8, 4) is 0 Å². The number of carbonyl (C=O) groups excluding carboxylic acids is 1. The largest absolute Gasteiger partial charge is 0.507 e. The topological polar surface area (TPSA) is 74.5 Å². The van der Waals surface area contributed by atoms with E-state index in [1.165, 1.54) is 24.2 Å². The Morgan fingerprint density at radius 3 is 2.00 bits per heavy atom. The van der Waals surface area contributed by atoms with Crippen molar-refractivity contribution < 1.29 is 29.2 Å². The molecule has 210 valence electrons. The normalized spacial score (nSPS) is 15.5. The van der Waals surface area contributed by atoms with E-state index in [0.29, 0.717) is 5.01 Å². The lowest BCUT2D eigenvalue weighted by atomic mass is 9.84. The number of Topliss-reactive ketones (excluding diaryl/α,β-unsaturated/α-hetero) is 1. The first-order valence-corrected chi connectivity index (χ1v) is 16.0. The van der Waals surface area contributed by atoms with Crippen LogP contribution in [0.3, 0.4) is 0 Å². The molecule has 2 aromatic carbocycles. The average Bonchev–Trinajstić information content (AvgIpc) is 3.52. The quantitative estimate of drug-likeness (QED) is 0.0525. The van der Waals surface area contributed by atoms with Gasteiger partial charge in [-0.05, 0) is 25.0 Å². The highest BCUT2D eigenvalue weighted by Crippen LogP contribution is 2.42. The molecule has 2 heterocycles. The number of rotatable bonds is 14. The first kappa shape index (κ1) is 28.6. The van der Waals surface area contributed by atoms with E-state index >= 15 is 0 Å². The fourth-order valence-electron chi connectivity index (χ4n) is 5.43. The minimum atomic E-state index is -1.04. The summed E-state index contributed by atoms with van der Waals surface area (Å²) in [6, 6.07) is 16.3. The van der Waals surface area contributed by atoms with Crippen LogP contribution in [0, 0.1) is 0 Å². The maximum Gasteiger partial charge on any atom is 0.276 e. The predicted octanol–water partition coefficient (Wildman–Crippen LogP) is 7.86. The number of fused-ring (bicyclic) bond motifs is 2. The van der Waals surface area contributed by atoms with Crippen LogP contribution in [-0.4, -0.2) is 16.1 Å². The van der Waals surface area contributed by atoms with Gasteiger partial charge in [0.15, 0.2) is 12.3 Å². The van der Waals surface area contributed by atoms with Crippen LogP contribution in [0.25, 0.3) is 26.5 Å². The van der Waals surface area contributed by atoms with Gasteiger partial charge in [-0.2, -0.15) is 9.13 Å². The van der Waals surface area contributed by atoms with Gasteiger partial charge in [0, 0.05) is 31.1 Å². The number of para-hydroxylation sites is 2. The fourth-order valence-corrected chi connectivity index (χ4v) is 7.78. The molecular formula is C32H38N2O4S2+2. The summed E-state index contributed by atoms with van der Waals surface area (Å²) < 4.78 is 6.57. The van der Waals surface area contributed by atoms with Gasteiger partial charge >= 0.3 is 0 Å². The number of ketones is 1. The third-order valence-corrected chi connectivity index (χ3v) is 9.92. The van der Waals surface area contributed by atoms with Crippen LogP contribution in [0.4, 0.5) is 0 Å². The number of carbonyl (C=O) groups is 1. The predicted molar refractivity (Wildman–Crippen MR) is 161 cm³/mol. The maximum atomic E-state index is 13.5. The summed E-state index contributed by atoms with van der Waals surface area (Å²) in [6.07, 6.45) is 9.73. The second kappa shape index (κ2) is 13.2. The Balaban J connectivity index is 1.49. The molecule has 1 atom stereocenters. The van der Waals surface area contributed by atoms with E-state index in [9.17, 15) is 15.2 Å². The third kappa shape index (κ3) is 5.63. The van der Waals surface area contributed by atoms with Crippen LogP contribution in [0.5, 0.6) is 0 Å². The Bertz CT molecular complexity index is 1570. The molecule has 0 bridgehead atoms. The molecule has 0 amide bonds. The molecule has 2 aromatic heterocycles. The van der Waals surface area contributed by atoms with Crippen LogP contribution >= 0.6 is 22.7 Å². The number of aromatic nitrogens is 2. The summed E-state index contributed by atoms with van der Waals surface area (Å²) in [5, 5.41) is 22.9. The molecule has 0 saturated heterocycles. The van der Waals surface area contributed by atoms with E-state index in [-0.39, 0.29) is 22.7 Å². The number of aliphatic hydroxyl groups is 1. The highest BCUT2D eigenvalue weighted by Gasteiger charge is 2.45. The van der Waals surface area contributed by atoms with Crippen LogP contribution in [0.15, 0.2) is 65.4 Å². The molecule has 1 unspecified atom stereocenters. The number of allylic oxidation sites excluding steroid dienone is 1. The Morgan fingerprint density at radius 1 is 0.825 bits per heavy atom. The van der Waals surface area contributed by atoms with E-state index in [2.05, 4.69) is 35.1 Å². The molecule has 1 aliphatic rings. The Hall–Kier alpha value is -2.91. The van der Waals surface area contributed by atoms with Crippen LogP contribution in [0.1, 0.15) is 81.3 Å². The summed E-state index contributed by atoms with van der Waals surface area (Å²) in [6.45, 7) is 6.00. The smallest absolute Gasteiger partial charge is 0.276 e. The SMILES string of the molecule is CCCCCC[n+]1c(/C=C2\C(=O)C(C(OO)c3sc4ccccc4[n+]3CCCCCC)=C2O)sc2ccccc21. The van der Waals surface area contributed by atoms with Crippen molar-refractivity contribution in [3.63, 3.8) is 0 Å². The molecule has 5 rings (SSSR count). The lowest BCUT2D eigenvalue weighted by molar-refractivity contribution is -0.679. The molecule has 4 aromatic rings. The standard InChI is InChI=1S/C32H36N2O4S2/c1-3-5-7-13-19-33-23-15-9-11-17-25(23)39-27(33)21-22-29(35)28(30(22)36)31(38-37)32-34(20-14-8-6-4-2)24-16-10-12-18-26(24)40-32/h9-12,15-18,21,31H,3-8,13-14,19-20H2,1-2H3/p+2. The number of unbranched alkanes of at least 4 members (excludes halogenated alkanes) is 6. The number of benzene rings is 2. The summed E-state index contributed by atoms with van der Waals surface area (Å²) in [7, 11) is 0. The second-order valence-electron chi connectivity index (χ2n) is 10.4.